The number of carbonyl (C=O) groups excluding carboxylic acids is 1. The SMILES string of the molecule is CNC(=O)c1ccc(F)c2c1C[C@@H](N(CCCCc1c[nH]c3ccc(F)cc13)C1CCC1)CO2.Cl. The van der Waals surface area contributed by atoms with Crippen LogP contribution in [0.2, 0.25) is 0 Å². The van der Waals surface area contributed by atoms with Gasteiger partial charge in [0.05, 0.1) is 0 Å². The molecule has 1 amide bonds. The highest BCUT2D eigenvalue weighted by Crippen LogP contribution is 2.35. The molecule has 0 bridgehead atoms. The lowest BCUT2D eigenvalue weighted by atomic mass is 9.87. The minimum Gasteiger partial charge on any atom is -0.489 e. The van der Waals surface area contributed by atoms with Crippen LogP contribution < -0.4 is 10.1 Å². The van der Waals surface area contributed by atoms with Crippen molar-refractivity contribution in [3.63, 3.8) is 0 Å². The average molecular weight is 504 g/mol. The summed E-state index contributed by atoms with van der Waals surface area (Å²) in [7, 11) is 1.59. The Morgan fingerprint density at radius 3 is 2.74 bits per heavy atom. The van der Waals surface area contributed by atoms with Crippen LogP contribution in [0.15, 0.2) is 36.5 Å². The smallest absolute Gasteiger partial charge is 0.251 e. The van der Waals surface area contributed by atoms with Crippen LogP contribution in [0.25, 0.3) is 10.9 Å². The van der Waals surface area contributed by atoms with E-state index in [0.29, 0.717) is 30.2 Å². The molecule has 1 saturated carbocycles. The van der Waals surface area contributed by atoms with Crippen LogP contribution in [0.3, 0.4) is 0 Å². The third kappa shape index (κ3) is 5.16. The van der Waals surface area contributed by atoms with Crippen molar-refractivity contribution in [1.82, 2.24) is 15.2 Å². The van der Waals surface area contributed by atoms with E-state index < -0.39 is 5.82 Å². The van der Waals surface area contributed by atoms with Gasteiger partial charge in [-0.15, -0.1) is 12.4 Å². The van der Waals surface area contributed by atoms with Gasteiger partial charge in [-0.2, -0.15) is 0 Å². The Balaban J connectivity index is 0.00000289. The van der Waals surface area contributed by atoms with E-state index in [1.54, 1.807) is 25.2 Å². The summed E-state index contributed by atoms with van der Waals surface area (Å²) in [5, 5.41) is 3.61. The van der Waals surface area contributed by atoms with E-state index in [9.17, 15) is 13.6 Å². The van der Waals surface area contributed by atoms with Crippen molar-refractivity contribution in [2.75, 3.05) is 20.2 Å². The quantitative estimate of drug-likeness (QED) is 0.404. The number of aromatic amines is 1. The van der Waals surface area contributed by atoms with Crippen molar-refractivity contribution in [2.24, 2.45) is 0 Å². The molecule has 3 aromatic rings. The molecule has 8 heteroatoms. The van der Waals surface area contributed by atoms with Gasteiger partial charge in [-0.1, -0.05) is 6.42 Å². The predicted molar refractivity (Wildman–Crippen MR) is 136 cm³/mol. The fourth-order valence-corrected chi connectivity index (χ4v) is 5.34. The Morgan fingerprint density at radius 2 is 2.00 bits per heavy atom. The standard InChI is InChI=1S/C27H31F2N3O2.ClH/c1-30-27(33)21-9-10-24(29)26-23(21)14-20(16-34-26)32(19-6-4-7-19)12-3-2-5-17-15-31-25-11-8-18(28)13-22(17)25;/h8-11,13,15,19-20,31H,2-7,12,14,16H2,1H3,(H,30,33);1H/t20-;/m1./s1. The maximum atomic E-state index is 14.4. The summed E-state index contributed by atoms with van der Waals surface area (Å²) in [6, 6.07) is 8.34. The minimum atomic E-state index is -0.411. The Labute approximate surface area is 210 Å². The first-order chi connectivity index (χ1) is 16.5. The van der Waals surface area contributed by atoms with Gasteiger partial charge >= 0.3 is 0 Å². The lowest BCUT2D eigenvalue weighted by Gasteiger charge is -2.44. The van der Waals surface area contributed by atoms with Crippen LogP contribution in [0, 0.1) is 11.6 Å². The van der Waals surface area contributed by atoms with Gasteiger partial charge in [0.2, 0.25) is 0 Å². The topological polar surface area (TPSA) is 57.4 Å². The molecule has 1 atom stereocenters. The van der Waals surface area contributed by atoms with Gasteiger partial charge in [0.15, 0.2) is 11.6 Å². The molecule has 2 heterocycles. The van der Waals surface area contributed by atoms with Gasteiger partial charge in [0.25, 0.3) is 5.91 Å². The molecule has 1 fully saturated rings. The van der Waals surface area contributed by atoms with E-state index in [1.165, 1.54) is 18.6 Å². The number of fused-ring (bicyclic) bond motifs is 2. The number of ether oxygens (including phenoxy) is 1. The molecule has 5 nitrogen and oxygen atoms in total. The third-order valence-electron chi connectivity index (χ3n) is 7.40. The number of benzene rings is 2. The van der Waals surface area contributed by atoms with Gasteiger partial charge < -0.3 is 15.0 Å². The summed E-state index contributed by atoms with van der Waals surface area (Å²) in [5.41, 5.74) is 3.26. The fourth-order valence-electron chi connectivity index (χ4n) is 5.34. The van der Waals surface area contributed by atoms with Crippen LogP contribution in [0.5, 0.6) is 5.75 Å². The summed E-state index contributed by atoms with van der Waals surface area (Å²) in [6.07, 6.45) is 9.03. The van der Waals surface area contributed by atoms with E-state index in [4.69, 9.17) is 4.74 Å². The zero-order chi connectivity index (χ0) is 23.7. The van der Waals surface area contributed by atoms with E-state index in [1.807, 2.05) is 6.20 Å². The number of amides is 1. The van der Waals surface area contributed by atoms with E-state index in [-0.39, 0.29) is 35.9 Å². The number of rotatable bonds is 8. The number of aromatic nitrogens is 1. The normalized spacial score (nSPS) is 17.4. The number of nitrogens with zero attached hydrogens (tertiary/aromatic N) is 1. The molecule has 0 unspecified atom stereocenters. The number of carbonyl (C=O) groups is 1. The first-order valence-electron chi connectivity index (χ1n) is 12.2. The molecular formula is C27H32ClF2N3O2. The van der Waals surface area contributed by atoms with Crippen molar-refractivity contribution in [1.29, 1.82) is 0 Å². The highest BCUT2D eigenvalue weighted by molar-refractivity contribution is 5.96. The Kier molecular flexibility index (Phi) is 7.97. The van der Waals surface area contributed by atoms with Gasteiger partial charge in [-0.3, -0.25) is 9.69 Å². The van der Waals surface area contributed by atoms with Crippen molar-refractivity contribution in [2.45, 2.75) is 57.0 Å². The van der Waals surface area contributed by atoms with Gasteiger partial charge in [0, 0.05) is 47.4 Å². The van der Waals surface area contributed by atoms with Crippen molar-refractivity contribution < 1.29 is 18.3 Å². The highest BCUT2D eigenvalue weighted by atomic mass is 35.5. The monoisotopic (exact) mass is 503 g/mol. The van der Waals surface area contributed by atoms with Crippen LogP contribution in [-0.4, -0.2) is 48.1 Å². The molecule has 1 aliphatic heterocycles. The van der Waals surface area contributed by atoms with Gasteiger partial charge in [0.1, 0.15) is 12.4 Å². The summed E-state index contributed by atoms with van der Waals surface area (Å²) >= 11 is 0. The second-order valence-electron chi connectivity index (χ2n) is 9.43. The van der Waals surface area contributed by atoms with Crippen molar-refractivity contribution in [3.05, 3.63) is 64.9 Å². The Morgan fingerprint density at radius 1 is 1.17 bits per heavy atom. The van der Waals surface area contributed by atoms with Crippen LogP contribution in [0.1, 0.15) is 53.6 Å². The number of hydrogen-bond acceptors (Lipinski definition) is 3. The molecule has 0 radical (unpaired) electrons. The molecule has 1 aliphatic carbocycles. The zero-order valence-corrected chi connectivity index (χ0v) is 20.7. The predicted octanol–water partition coefficient (Wildman–Crippen LogP) is 5.41. The lowest BCUT2D eigenvalue weighted by molar-refractivity contribution is 0.0416. The summed E-state index contributed by atoms with van der Waals surface area (Å²) in [6.45, 7) is 1.36. The van der Waals surface area contributed by atoms with Crippen LogP contribution in [-0.2, 0) is 12.8 Å². The Bertz CT molecular complexity index is 1190. The van der Waals surface area contributed by atoms with E-state index >= 15 is 0 Å². The zero-order valence-electron chi connectivity index (χ0n) is 19.9. The Hall–Kier alpha value is -2.64. The number of aryl methyl sites for hydroxylation is 1. The largest absolute Gasteiger partial charge is 0.489 e. The molecule has 1 aromatic heterocycles. The molecule has 2 aromatic carbocycles. The number of hydrogen-bond donors (Lipinski definition) is 2. The summed E-state index contributed by atoms with van der Waals surface area (Å²) < 4.78 is 34.0. The van der Waals surface area contributed by atoms with Gasteiger partial charge in [-0.05, 0) is 81.0 Å². The highest BCUT2D eigenvalue weighted by Gasteiger charge is 2.35. The lowest BCUT2D eigenvalue weighted by Crippen LogP contribution is -2.51. The number of halogens is 3. The molecule has 5 rings (SSSR count). The van der Waals surface area contributed by atoms with E-state index in [2.05, 4.69) is 15.2 Å². The molecule has 0 spiro atoms. The molecule has 2 N–H and O–H groups in total. The molecule has 188 valence electrons. The van der Waals surface area contributed by atoms with Crippen molar-refractivity contribution in [3.8, 4) is 5.75 Å². The maximum Gasteiger partial charge on any atom is 0.251 e. The average Bonchev–Trinajstić information content (AvgIpc) is 3.21. The number of unbranched alkanes of at least 4 members (excludes halogenated alkanes) is 1. The fraction of sp³-hybridized carbons (Fsp3) is 0.444. The summed E-state index contributed by atoms with van der Waals surface area (Å²) in [4.78, 5) is 18.1. The third-order valence-corrected chi connectivity index (χ3v) is 7.40. The molecule has 35 heavy (non-hydrogen) atoms. The van der Waals surface area contributed by atoms with E-state index in [0.717, 1.165) is 55.1 Å². The maximum absolute atomic E-state index is 14.4. The summed E-state index contributed by atoms with van der Waals surface area (Å²) in [5.74, 6) is -0.621. The molecule has 2 aliphatic rings. The first kappa shape index (κ1) is 25.5. The molecular weight excluding hydrogens is 472 g/mol. The van der Waals surface area contributed by atoms with Gasteiger partial charge in [-0.25, -0.2) is 8.78 Å². The van der Waals surface area contributed by atoms with Crippen LogP contribution in [0.4, 0.5) is 8.78 Å². The second kappa shape index (κ2) is 11.0. The number of nitrogens with one attached hydrogen (secondary N) is 2. The first-order valence-corrected chi connectivity index (χ1v) is 12.2. The van der Waals surface area contributed by atoms with Crippen molar-refractivity contribution >= 4 is 29.2 Å². The molecule has 0 saturated heterocycles. The minimum absolute atomic E-state index is 0. The second-order valence-corrected chi connectivity index (χ2v) is 9.43. The number of H-pyrrole nitrogens is 1. The van der Waals surface area contributed by atoms with Crippen LogP contribution >= 0.6 is 12.4 Å².